The molecule has 2 fully saturated rings. The molecule has 1 unspecified atom stereocenters. The first-order chi connectivity index (χ1) is 12.2. The summed E-state index contributed by atoms with van der Waals surface area (Å²) >= 11 is 0. The lowest BCUT2D eigenvalue weighted by Crippen LogP contribution is -2.53. The van der Waals surface area contributed by atoms with E-state index in [1.165, 1.54) is 0 Å². The molecule has 0 aromatic heterocycles. The van der Waals surface area contributed by atoms with Gasteiger partial charge in [0, 0.05) is 24.1 Å². The normalized spacial score (nSPS) is 32.3. The standard InChI is InChI=1S/C21H41NO4Si/c1-20(2,3)22(19(24)25)15-9-10-16-14(11-15)12-18(17(16)13-23)26-27(7,8)21(4,5)6/h14-18,23H,9-13H2,1-8H3,(H,24,25)/t14-,15?,16+,17-,18+/m0/s1. The van der Waals surface area contributed by atoms with Crippen LogP contribution in [0, 0.1) is 17.8 Å². The van der Waals surface area contributed by atoms with Crippen molar-refractivity contribution in [1.82, 2.24) is 4.90 Å². The van der Waals surface area contributed by atoms with Gasteiger partial charge in [0.05, 0.1) is 6.10 Å². The first kappa shape index (κ1) is 22.7. The van der Waals surface area contributed by atoms with Crippen molar-refractivity contribution in [3.63, 3.8) is 0 Å². The third kappa shape index (κ3) is 4.70. The van der Waals surface area contributed by atoms with Gasteiger partial charge in [0.2, 0.25) is 0 Å². The zero-order valence-electron chi connectivity index (χ0n) is 18.6. The van der Waals surface area contributed by atoms with Gasteiger partial charge in [0.15, 0.2) is 8.32 Å². The first-order valence-corrected chi connectivity index (χ1v) is 13.4. The number of nitrogens with zero attached hydrogens (tertiary/aromatic N) is 1. The van der Waals surface area contributed by atoms with Crippen LogP contribution in [0.1, 0.15) is 67.2 Å². The van der Waals surface area contributed by atoms with E-state index < -0.39 is 19.9 Å². The van der Waals surface area contributed by atoms with Crippen LogP contribution in [0.15, 0.2) is 0 Å². The van der Waals surface area contributed by atoms with E-state index in [2.05, 4.69) is 33.9 Å². The van der Waals surface area contributed by atoms with Gasteiger partial charge in [-0.15, -0.1) is 0 Å². The van der Waals surface area contributed by atoms with Crippen LogP contribution in [0.3, 0.4) is 0 Å². The first-order valence-electron chi connectivity index (χ1n) is 10.5. The molecule has 0 spiro atoms. The lowest BCUT2D eigenvalue weighted by atomic mass is 9.75. The Morgan fingerprint density at radius 3 is 2.15 bits per heavy atom. The number of amides is 1. The summed E-state index contributed by atoms with van der Waals surface area (Å²) in [6.45, 7) is 17.4. The van der Waals surface area contributed by atoms with Gasteiger partial charge in [-0.25, -0.2) is 4.79 Å². The number of aliphatic hydroxyl groups excluding tert-OH is 1. The second kappa shape index (κ2) is 7.67. The smallest absolute Gasteiger partial charge is 0.407 e. The van der Waals surface area contributed by atoms with E-state index in [9.17, 15) is 15.0 Å². The number of hydrogen-bond acceptors (Lipinski definition) is 3. The van der Waals surface area contributed by atoms with Gasteiger partial charge in [-0.05, 0) is 76.4 Å². The predicted molar refractivity (Wildman–Crippen MR) is 111 cm³/mol. The van der Waals surface area contributed by atoms with Gasteiger partial charge in [-0.3, -0.25) is 0 Å². The highest BCUT2D eigenvalue weighted by Crippen LogP contribution is 2.50. The molecule has 27 heavy (non-hydrogen) atoms. The molecular weight excluding hydrogens is 358 g/mol. The Labute approximate surface area is 166 Å². The van der Waals surface area contributed by atoms with Crippen LogP contribution in [-0.4, -0.2) is 53.8 Å². The minimum atomic E-state index is -1.89. The Bertz CT molecular complexity index is 537. The Morgan fingerprint density at radius 1 is 1.11 bits per heavy atom. The van der Waals surface area contributed by atoms with E-state index in [-0.39, 0.29) is 29.7 Å². The fourth-order valence-corrected chi connectivity index (χ4v) is 6.40. The van der Waals surface area contributed by atoms with Gasteiger partial charge < -0.3 is 19.5 Å². The van der Waals surface area contributed by atoms with Crippen LogP contribution in [0.4, 0.5) is 4.79 Å². The molecular formula is C21H41NO4Si. The molecule has 6 heteroatoms. The minimum absolute atomic E-state index is 0.0646. The number of fused-ring (bicyclic) bond motifs is 1. The maximum absolute atomic E-state index is 11.9. The third-order valence-electron chi connectivity index (χ3n) is 7.33. The summed E-state index contributed by atoms with van der Waals surface area (Å²) in [6, 6.07) is 0.0646. The van der Waals surface area contributed by atoms with Crippen LogP contribution < -0.4 is 0 Å². The highest BCUT2D eigenvalue weighted by Gasteiger charge is 2.51. The van der Waals surface area contributed by atoms with Gasteiger partial charge in [-0.2, -0.15) is 0 Å². The highest BCUT2D eigenvalue weighted by molar-refractivity contribution is 6.74. The minimum Gasteiger partial charge on any atom is -0.465 e. The second-order valence-electron chi connectivity index (χ2n) is 11.2. The topological polar surface area (TPSA) is 70.0 Å². The average Bonchev–Trinajstić information content (AvgIpc) is 2.79. The van der Waals surface area contributed by atoms with Crippen molar-refractivity contribution in [3.8, 4) is 0 Å². The largest absolute Gasteiger partial charge is 0.465 e. The summed E-state index contributed by atoms with van der Waals surface area (Å²) < 4.78 is 6.72. The van der Waals surface area contributed by atoms with Crippen LogP contribution in [0.2, 0.25) is 18.1 Å². The van der Waals surface area contributed by atoms with Gasteiger partial charge >= 0.3 is 6.09 Å². The van der Waals surface area contributed by atoms with Gasteiger partial charge in [-0.1, -0.05) is 20.8 Å². The number of aliphatic hydroxyl groups is 1. The molecule has 0 aromatic rings. The Kier molecular flexibility index (Phi) is 6.45. The van der Waals surface area contributed by atoms with Gasteiger partial charge in [0.1, 0.15) is 0 Å². The fourth-order valence-electron chi connectivity index (χ4n) is 5.02. The molecule has 0 heterocycles. The Balaban J connectivity index is 2.15. The van der Waals surface area contributed by atoms with E-state index in [0.717, 1.165) is 25.7 Å². The lowest BCUT2D eigenvalue weighted by molar-refractivity contribution is 0.0283. The summed E-state index contributed by atoms with van der Waals surface area (Å²) in [5, 5.41) is 20.0. The zero-order chi connectivity index (χ0) is 20.8. The van der Waals surface area contributed by atoms with Gasteiger partial charge in [0.25, 0.3) is 0 Å². The number of hydrogen-bond donors (Lipinski definition) is 2. The molecule has 2 rings (SSSR count). The molecule has 2 aliphatic carbocycles. The van der Waals surface area contributed by atoms with Crippen molar-refractivity contribution < 1.29 is 19.4 Å². The molecule has 1 amide bonds. The quantitative estimate of drug-likeness (QED) is 0.656. The number of carbonyl (C=O) groups is 1. The molecule has 0 bridgehead atoms. The summed E-state index contributed by atoms with van der Waals surface area (Å²) in [6.07, 6.45) is 3.00. The number of rotatable bonds is 4. The van der Waals surface area contributed by atoms with E-state index >= 15 is 0 Å². The fraction of sp³-hybridized carbons (Fsp3) is 0.952. The van der Waals surface area contributed by atoms with Crippen molar-refractivity contribution in [3.05, 3.63) is 0 Å². The van der Waals surface area contributed by atoms with Crippen molar-refractivity contribution in [1.29, 1.82) is 0 Å². The second-order valence-corrected chi connectivity index (χ2v) is 16.0. The van der Waals surface area contributed by atoms with Crippen LogP contribution >= 0.6 is 0 Å². The zero-order valence-corrected chi connectivity index (χ0v) is 19.6. The molecule has 2 aliphatic rings. The molecule has 0 saturated heterocycles. The van der Waals surface area contributed by atoms with E-state index in [4.69, 9.17) is 4.43 Å². The Morgan fingerprint density at radius 2 is 1.70 bits per heavy atom. The van der Waals surface area contributed by atoms with Crippen molar-refractivity contribution in [2.24, 2.45) is 17.8 Å². The maximum Gasteiger partial charge on any atom is 0.407 e. The summed E-state index contributed by atoms with van der Waals surface area (Å²) in [5.41, 5.74) is -0.393. The van der Waals surface area contributed by atoms with Crippen molar-refractivity contribution in [2.45, 2.75) is 103 Å². The van der Waals surface area contributed by atoms with Crippen molar-refractivity contribution >= 4 is 14.4 Å². The summed E-state index contributed by atoms with van der Waals surface area (Å²) in [4.78, 5) is 13.5. The average molecular weight is 400 g/mol. The molecule has 5 nitrogen and oxygen atoms in total. The predicted octanol–water partition coefficient (Wildman–Crippen LogP) is 4.95. The monoisotopic (exact) mass is 399 g/mol. The summed E-state index contributed by atoms with van der Waals surface area (Å²) in [5.74, 6) is 1.09. The molecule has 0 aliphatic heterocycles. The van der Waals surface area contributed by atoms with E-state index in [1.807, 2.05) is 20.8 Å². The molecule has 5 atom stereocenters. The molecule has 0 radical (unpaired) electrons. The molecule has 158 valence electrons. The highest BCUT2D eigenvalue weighted by atomic mass is 28.4. The lowest BCUT2D eigenvalue weighted by Gasteiger charge is -2.44. The SMILES string of the molecule is CC(C)(C)N(C(=O)O)C1CC[C@@H]2[C@@H](C1)C[C@@H](O[Si](C)(C)C(C)(C)C)[C@H]2CO. The molecule has 0 aromatic carbocycles. The van der Waals surface area contributed by atoms with Crippen LogP contribution in [0.5, 0.6) is 0 Å². The van der Waals surface area contributed by atoms with Crippen molar-refractivity contribution in [2.75, 3.05) is 6.61 Å². The summed E-state index contributed by atoms with van der Waals surface area (Å²) in [7, 11) is -1.89. The maximum atomic E-state index is 11.9. The number of carboxylic acid groups (broad SMARTS) is 1. The van der Waals surface area contributed by atoms with Crippen LogP contribution in [0.25, 0.3) is 0 Å². The Hall–Kier alpha value is -0.593. The molecule has 2 saturated carbocycles. The van der Waals surface area contributed by atoms with Crippen LogP contribution in [-0.2, 0) is 4.43 Å². The molecule has 2 N–H and O–H groups in total. The van der Waals surface area contributed by atoms with E-state index in [1.54, 1.807) is 4.90 Å². The van der Waals surface area contributed by atoms with E-state index in [0.29, 0.717) is 11.8 Å². The third-order valence-corrected chi connectivity index (χ3v) is 11.8.